The van der Waals surface area contributed by atoms with Crippen molar-refractivity contribution in [3.63, 3.8) is 0 Å². The highest BCUT2D eigenvalue weighted by Crippen LogP contribution is 2.28. The van der Waals surface area contributed by atoms with Gasteiger partial charge in [-0.1, -0.05) is 31.4 Å². The van der Waals surface area contributed by atoms with E-state index in [4.69, 9.17) is 5.26 Å². The molecule has 0 spiro atoms. The number of nitriles is 1. The van der Waals surface area contributed by atoms with Gasteiger partial charge in [0.05, 0.1) is 28.7 Å². The van der Waals surface area contributed by atoms with Gasteiger partial charge in [-0.2, -0.15) is 5.26 Å². The summed E-state index contributed by atoms with van der Waals surface area (Å²) in [6, 6.07) is 8.37. The summed E-state index contributed by atoms with van der Waals surface area (Å²) in [6.07, 6.45) is 4.41. The molecule has 0 aliphatic heterocycles. The molecule has 5 heteroatoms. The molecule has 0 radical (unpaired) electrons. The highest BCUT2D eigenvalue weighted by Gasteiger charge is 2.24. The van der Waals surface area contributed by atoms with Gasteiger partial charge < -0.3 is 5.11 Å². The largest absolute Gasteiger partial charge is 0.387 e. The number of sulfone groups is 1. The molecule has 0 saturated heterocycles. The Balaban J connectivity index is 2.19. The lowest BCUT2D eigenvalue weighted by Crippen LogP contribution is -2.19. The average molecular weight is 321 g/mol. The molecule has 120 valence electrons. The van der Waals surface area contributed by atoms with Gasteiger partial charge in [0.25, 0.3) is 0 Å². The molecule has 1 aromatic carbocycles. The van der Waals surface area contributed by atoms with Crippen LogP contribution in [0.4, 0.5) is 0 Å². The third kappa shape index (κ3) is 4.08. The number of rotatable bonds is 5. The zero-order valence-corrected chi connectivity index (χ0v) is 13.7. The summed E-state index contributed by atoms with van der Waals surface area (Å²) in [5.74, 6) is -0.151. The van der Waals surface area contributed by atoms with Gasteiger partial charge in [0.15, 0.2) is 9.84 Å². The third-order valence-electron chi connectivity index (χ3n) is 4.42. The molecule has 0 amide bonds. The first-order chi connectivity index (χ1) is 10.4. The summed E-state index contributed by atoms with van der Waals surface area (Å²) >= 11 is 0. The first kappa shape index (κ1) is 17.0. The fourth-order valence-electron chi connectivity index (χ4n) is 3.01. The molecule has 2 unspecified atom stereocenters. The molecular formula is C17H23NO3S. The van der Waals surface area contributed by atoms with Crippen molar-refractivity contribution in [2.24, 2.45) is 11.8 Å². The molecule has 0 heterocycles. The minimum absolute atomic E-state index is 0.181. The molecule has 2 rings (SSSR count). The maximum atomic E-state index is 12.6. The second kappa shape index (κ2) is 7.26. The molecule has 1 aromatic rings. The maximum Gasteiger partial charge on any atom is 0.178 e. The predicted molar refractivity (Wildman–Crippen MR) is 84.8 cm³/mol. The second-order valence-corrected chi connectivity index (χ2v) is 8.25. The fourth-order valence-corrected chi connectivity index (χ4v) is 4.76. The van der Waals surface area contributed by atoms with Gasteiger partial charge in [0, 0.05) is 0 Å². The Morgan fingerprint density at radius 3 is 2.64 bits per heavy atom. The van der Waals surface area contributed by atoms with Crippen molar-refractivity contribution < 1.29 is 13.5 Å². The highest BCUT2D eigenvalue weighted by molar-refractivity contribution is 7.91. The van der Waals surface area contributed by atoms with E-state index in [1.54, 1.807) is 25.1 Å². The van der Waals surface area contributed by atoms with E-state index in [9.17, 15) is 13.5 Å². The number of nitrogens with zero attached hydrogens (tertiary/aromatic N) is 1. The van der Waals surface area contributed by atoms with E-state index in [-0.39, 0.29) is 16.6 Å². The Bertz CT molecular complexity index is 642. The van der Waals surface area contributed by atoms with Gasteiger partial charge in [-0.3, -0.25) is 0 Å². The minimum Gasteiger partial charge on any atom is -0.387 e. The van der Waals surface area contributed by atoms with E-state index in [0.29, 0.717) is 5.56 Å². The van der Waals surface area contributed by atoms with E-state index in [0.717, 1.165) is 25.7 Å². The summed E-state index contributed by atoms with van der Waals surface area (Å²) in [7, 11) is -3.34. The Morgan fingerprint density at radius 1 is 1.32 bits per heavy atom. The van der Waals surface area contributed by atoms with E-state index in [1.807, 2.05) is 6.07 Å². The minimum atomic E-state index is -3.34. The first-order valence-corrected chi connectivity index (χ1v) is 9.49. The van der Waals surface area contributed by atoms with E-state index in [2.05, 4.69) is 0 Å². The number of aliphatic hydroxyl groups excluding tert-OH is 1. The normalized spacial score (nSPS) is 19.3. The van der Waals surface area contributed by atoms with Crippen LogP contribution in [0.3, 0.4) is 0 Å². The van der Waals surface area contributed by atoms with Crippen LogP contribution < -0.4 is 0 Å². The van der Waals surface area contributed by atoms with Crippen molar-refractivity contribution >= 4 is 9.84 Å². The van der Waals surface area contributed by atoms with Gasteiger partial charge in [-0.25, -0.2) is 8.42 Å². The maximum absolute atomic E-state index is 12.6. The number of hydrogen-bond donors (Lipinski definition) is 1. The van der Waals surface area contributed by atoms with E-state index >= 15 is 0 Å². The van der Waals surface area contributed by atoms with Gasteiger partial charge in [0.2, 0.25) is 0 Å². The molecule has 1 saturated carbocycles. The third-order valence-corrected chi connectivity index (χ3v) is 6.30. The van der Waals surface area contributed by atoms with Crippen molar-refractivity contribution in [1.29, 1.82) is 5.26 Å². The molecule has 4 nitrogen and oxygen atoms in total. The molecule has 1 aliphatic carbocycles. The van der Waals surface area contributed by atoms with Crippen LogP contribution in [0.25, 0.3) is 0 Å². The lowest BCUT2D eigenvalue weighted by atomic mass is 9.91. The Kier molecular flexibility index (Phi) is 5.60. The zero-order chi connectivity index (χ0) is 16.2. The van der Waals surface area contributed by atoms with Crippen LogP contribution in [0.5, 0.6) is 0 Å². The molecule has 0 bridgehead atoms. The van der Waals surface area contributed by atoms with Crippen LogP contribution in [0, 0.1) is 23.2 Å². The van der Waals surface area contributed by atoms with Crippen LogP contribution in [0.15, 0.2) is 29.2 Å². The number of benzene rings is 1. The quantitative estimate of drug-likeness (QED) is 0.903. The lowest BCUT2D eigenvalue weighted by molar-refractivity contribution is 0.142. The number of hydrogen-bond acceptors (Lipinski definition) is 4. The summed E-state index contributed by atoms with van der Waals surface area (Å²) in [5.41, 5.74) is 0.485. The van der Waals surface area contributed by atoms with Gasteiger partial charge >= 0.3 is 0 Å². The highest BCUT2D eigenvalue weighted by atomic mass is 32.2. The predicted octanol–water partition coefficient (Wildman–Crippen LogP) is 3.23. The van der Waals surface area contributed by atoms with Crippen LogP contribution in [-0.4, -0.2) is 19.3 Å². The van der Waals surface area contributed by atoms with Crippen LogP contribution in [0.2, 0.25) is 0 Å². The number of aliphatic hydroxyl groups is 1. The summed E-state index contributed by atoms with van der Waals surface area (Å²) in [5, 5.41) is 19.0. The van der Waals surface area contributed by atoms with Crippen molar-refractivity contribution in [2.45, 2.75) is 50.0 Å². The SMILES string of the molecule is CC(C#N)C(O)c1cccc(S(=O)(=O)CC2CCCCC2)c1. The van der Waals surface area contributed by atoms with E-state index in [1.165, 1.54) is 12.5 Å². The fraction of sp³-hybridized carbons (Fsp3) is 0.588. The van der Waals surface area contributed by atoms with Crippen LogP contribution in [-0.2, 0) is 9.84 Å². The molecular weight excluding hydrogens is 298 g/mol. The summed E-state index contributed by atoms with van der Waals surface area (Å²) in [4.78, 5) is 0.250. The molecule has 1 aliphatic rings. The van der Waals surface area contributed by atoms with Gasteiger partial charge in [-0.05, 0) is 43.4 Å². The summed E-state index contributed by atoms with van der Waals surface area (Å²) < 4.78 is 25.1. The Morgan fingerprint density at radius 2 is 2.00 bits per heavy atom. The average Bonchev–Trinajstić information content (AvgIpc) is 2.54. The van der Waals surface area contributed by atoms with Gasteiger partial charge in [0.1, 0.15) is 0 Å². The van der Waals surface area contributed by atoms with Crippen LogP contribution in [0.1, 0.15) is 50.7 Å². The van der Waals surface area contributed by atoms with Crippen LogP contribution >= 0.6 is 0 Å². The van der Waals surface area contributed by atoms with Crippen molar-refractivity contribution in [3.05, 3.63) is 29.8 Å². The standard InChI is InChI=1S/C17H23NO3S/c1-13(11-18)17(19)15-8-5-9-16(10-15)22(20,21)12-14-6-3-2-4-7-14/h5,8-10,13-14,17,19H,2-4,6-7,12H2,1H3. The molecule has 1 N–H and O–H groups in total. The second-order valence-electron chi connectivity index (χ2n) is 6.22. The first-order valence-electron chi connectivity index (χ1n) is 7.84. The van der Waals surface area contributed by atoms with E-state index < -0.39 is 21.9 Å². The molecule has 1 fully saturated rings. The monoisotopic (exact) mass is 321 g/mol. The molecule has 0 aromatic heterocycles. The van der Waals surface area contributed by atoms with Crippen molar-refractivity contribution in [1.82, 2.24) is 0 Å². The Labute approximate surface area is 132 Å². The topological polar surface area (TPSA) is 78.2 Å². The van der Waals surface area contributed by atoms with Crippen molar-refractivity contribution in [3.8, 4) is 6.07 Å². The summed E-state index contributed by atoms with van der Waals surface area (Å²) in [6.45, 7) is 1.62. The Hall–Kier alpha value is -1.38. The zero-order valence-electron chi connectivity index (χ0n) is 12.9. The van der Waals surface area contributed by atoms with Gasteiger partial charge in [-0.15, -0.1) is 0 Å². The smallest absolute Gasteiger partial charge is 0.178 e. The lowest BCUT2D eigenvalue weighted by Gasteiger charge is -2.21. The molecule has 2 atom stereocenters. The van der Waals surface area contributed by atoms with Crippen molar-refractivity contribution in [2.75, 3.05) is 5.75 Å². The molecule has 22 heavy (non-hydrogen) atoms.